The normalized spacial score (nSPS) is 34.1. The lowest BCUT2D eigenvalue weighted by Gasteiger charge is -2.38. The molecule has 0 aromatic rings. The number of carbonyl (C=O) groups is 1. The Morgan fingerprint density at radius 3 is 2.75 bits per heavy atom. The van der Waals surface area contributed by atoms with E-state index < -0.39 is 0 Å². The fourth-order valence-electron chi connectivity index (χ4n) is 1.66. The molecule has 1 aliphatic rings. The Hall–Kier alpha value is -0.570. The first-order chi connectivity index (χ1) is 5.65. The molecule has 1 fully saturated rings. The average molecular weight is 172 g/mol. The Morgan fingerprint density at radius 1 is 1.67 bits per heavy atom. The molecular weight excluding hydrogens is 156 g/mol. The van der Waals surface area contributed by atoms with Gasteiger partial charge in [-0.1, -0.05) is 6.92 Å². The second-order valence-corrected chi connectivity index (χ2v) is 3.47. The topological polar surface area (TPSA) is 46.5 Å². The molecule has 0 saturated heterocycles. The van der Waals surface area contributed by atoms with E-state index in [2.05, 4.69) is 0 Å². The van der Waals surface area contributed by atoms with Gasteiger partial charge in [-0.2, -0.15) is 0 Å². The van der Waals surface area contributed by atoms with Gasteiger partial charge in [0.15, 0.2) is 0 Å². The van der Waals surface area contributed by atoms with Gasteiger partial charge in [-0.25, -0.2) is 0 Å². The van der Waals surface area contributed by atoms with Crippen molar-refractivity contribution in [3.63, 3.8) is 0 Å². The predicted molar refractivity (Wildman–Crippen MR) is 44.5 cm³/mol. The number of esters is 1. The van der Waals surface area contributed by atoms with Crippen molar-refractivity contribution in [3.8, 4) is 0 Å². The minimum Gasteiger partial charge on any atom is -0.466 e. The Kier molecular flexibility index (Phi) is 3.09. The number of hydrogen-bond acceptors (Lipinski definition) is 3. The second kappa shape index (κ2) is 3.90. The molecule has 0 radical (unpaired) electrons. The minimum atomic E-state index is -0.297. The monoisotopic (exact) mass is 172 g/mol. The molecule has 3 atom stereocenters. The molecule has 0 heterocycles. The van der Waals surface area contributed by atoms with Crippen molar-refractivity contribution >= 4 is 5.97 Å². The van der Waals surface area contributed by atoms with Crippen LogP contribution in [0.4, 0.5) is 0 Å². The Bertz CT molecular complexity index is 167. The third-order valence-electron chi connectivity index (χ3n) is 2.47. The molecule has 0 bridgehead atoms. The van der Waals surface area contributed by atoms with Crippen LogP contribution >= 0.6 is 0 Å². The van der Waals surface area contributed by atoms with Crippen LogP contribution < -0.4 is 0 Å². The SMILES string of the molecule is CCOC(=O)C[C@H]1CC(C)[C@@H]1O. The van der Waals surface area contributed by atoms with Crippen molar-refractivity contribution < 1.29 is 14.6 Å². The standard InChI is InChI=1S/C9H16O3/c1-3-12-8(10)5-7-4-6(2)9(7)11/h6-7,9,11H,3-5H2,1-2H3/t6?,7-,9+/m1/s1. The van der Waals surface area contributed by atoms with Gasteiger partial charge in [0.25, 0.3) is 0 Å². The van der Waals surface area contributed by atoms with E-state index in [-0.39, 0.29) is 18.0 Å². The van der Waals surface area contributed by atoms with Crippen LogP contribution in [0, 0.1) is 11.8 Å². The minimum absolute atomic E-state index is 0.138. The molecule has 0 aromatic carbocycles. The first-order valence-corrected chi connectivity index (χ1v) is 4.48. The Balaban J connectivity index is 2.20. The highest BCUT2D eigenvalue weighted by Crippen LogP contribution is 2.36. The first-order valence-electron chi connectivity index (χ1n) is 4.48. The maximum atomic E-state index is 11.0. The van der Waals surface area contributed by atoms with E-state index in [1.807, 2.05) is 6.92 Å². The van der Waals surface area contributed by atoms with Crippen LogP contribution in [0.1, 0.15) is 26.7 Å². The van der Waals surface area contributed by atoms with Gasteiger partial charge in [0.1, 0.15) is 0 Å². The Morgan fingerprint density at radius 2 is 2.33 bits per heavy atom. The van der Waals surface area contributed by atoms with Crippen molar-refractivity contribution in [1.29, 1.82) is 0 Å². The molecule has 0 aromatic heterocycles. The molecule has 0 aliphatic heterocycles. The summed E-state index contributed by atoms with van der Waals surface area (Å²) >= 11 is 0. The van der Waals surface area contributed by atoms with Crippen LogP contribution in [0.5, 0.6) is 0 Å². The van der Waals surface area contributed by atoms with E-state index in [1.165, 1.54) is 0 Å². The summed E-state index contributed by atoms with van der Waals surface area (Å²) in [6.45, 7) is 4.21. The van der Waals surface area contributed by atoms with Gasteiger partial charge in [0.05, 0.1) is 19.1 Å². The number of ether oxygens (including phenoxy) is 1. The molecule has 1 N–H and O–H groups in total. The zero-order valence-corrected chi connectivity index (χ0v) is 7.62. The van der Waals surface area contributed by atoms with Gasteiger partial charge in [-0.15, -0.1) is 0 Å². The number of aliphatic hydroxyl groups excluding tert-OH is 1. The van der Waals surface area contributed by atoms with E-state index in [1.54, 1.807) is 6.92 Å². The summed E-state index contributed by atoms with van der Waals surface area (Å²) < 4.78 is 4.78. The van der Waals surface area contributed by atoms with Gasteiger partial charge >= 0.3 is 5.97 Å². The molecular formula is C9H16O3. The highest BCUT2D eigenvalue weighted by atomic mass is 16.5. The van der Waals surface area contributed by atoms with Gasteiger partial charge in [0, 0.05) is 0 Å². The number of rotatable bonds is 3. The lowest BCUT2D eigenvalue weighted by Crippen LogP contribution is -2.41. The summed E-state index contributed by atoms with van der Waals surface area (Å²) in [6, 6.07) is 0. The fraction of sp³-hybridized carbons (Fsp3) is 0.889. The Labute approximate surface area is 72.7 Å². The number of carbonyl (C=O) groups excluding carboxylic acids is 1. The van der Waals surface area contributed by atoms with Gasteiger partial charge in [-0.05, 0) is 25.2 Å². The third kappa shape index (κ3) is 1.97. The van der Waals surface area contributed by atoms with Crippen molar-refractivity contribution in [1.82, 2.24) is 0 Å². The van der Waals surface area contributed by atoms with Crippen LogP contribution in [0.2, 0.25) is 0 Å². The molecule has 1 aliphatic carbocycles. The summed E-state index contributed by atoms with van der Waals surface area (Å²) in [5.74, 6) is 0.303. The summed E-state index contributed by atoms with van der Waals surface area (Å²) in [4.78, 5) is 11.0. The zero-order chi connectivity index (χ0) is 9.14. The molecule has 3 nitrogen and oxygen atoms in total. The predicted octanol–water partition coefficient (Wildman–Crippen LogP) is 0.956. The summed E-state index contributed by atoms with van der Waals surface area (Å²) in [7, 11) is 0. The molecule has 0 spiro atoms. The molecule has 1 saturated carbocycles. The van der Waals surface area contributed by atoms with Crippen molar-refractivity contribution in [2.45, 2.75) is 32.8 Å². The molecule has 1 rings (SSSR count). The van der Waals surface area contributed by atoms with E-state index in [0.717, 1.165) is 6.42 Å². The van der Waals surface area contributed by atoms with Crippen molar-refractivity contribution in [3.05, 3.63) is 0 Å². The fourth-order valence-corrected chi connectivity index (χ4v) is 1.66. The van der Waals surface area contributed by atoms with Crippen molar-refractivity contribution in [2.75, 3.05) is 6.61 Å². The van der Waals surface area contributed by atoms with Gasteiger partial charge in [-0.3, -0.25) is 4.79 Å². The summed E-state index contributed by atoms with van der Waals surface area (Å²) in [5, 5.41) is 9.39. The zero-order valence-electron chi connectivity index (χ0n) is 7.62. The average Bonchev–Trinajstić information content (AvgIpc) is 2.04. The highest BCUT2D eigenvalue weighted by molar-refractivity contribution is 5.69. The summed E-state index contributed by atoms with van der Waals surface area (Å²) in [6.07, 6.45) is 1.02. The lowest BCUT2D eigenvalue weighted by atomic mass is 9.71. The van der Waals surface area contributed by atoms with Gasteiger partial charge in [0.2, 0.25) is 0 Å². The highest BCUT2D eigenvalue weighted by Gasteiger charge is 2.37. The maximum absolute atomic E-state index is 11.0. The molecule has 1 unspecified atom stereocenters. The van der Waals surface area contributed by atoms with E-state index in [9.17, 15) is 9.90 Å². The van der Waals surface area contributed by atoms with E-state index >= 15 is 0 Å². The molecule has 70 valence electrons. The van der Waals surface area contributed by atoms with Gasteiger partial charge < -0.3 is 9.84 Å². The lowest BCUT2D eigenvalue weighted by molar-refractivity contribution is -0.148. The maximum Gasteiger partial charge on any atom is 0.306 e. The van der Waals surface area contributed by atoms with Crippen LogP contribution in [0.15, 0.2) is 0 Å². The smallest absolute Gasteiger partial charge is 0.306 e. The summed E-state index contributed by atoms with van der Waals surface area (Å²) in [5.41, 5.74) is 0. The number of hydrogen-bond donors (Lipinski definition) is 1. The van der Waals surface area contributed by atoms with Crippen LogP contribution in [-0.2, 0) is 9.53 Å². The molecule has 12 heavy (non-hydrogen) atoms. The number of aliphatic hydroxyl groups is 1. The van der Waals surface area contributed by atoms with Crippen LogP contribution in [0.3, 0.4) is 0 Å². The largest absolute Gasteiger partial charge is 0.466 e. The van der Waals surface area contributed by atoms with Crippen molar-refractivity contribution in [2.24, 2.45) is 11.8 Å². The van der Waals surface area contributed by atoms with E-state index in [4.69, 9.17) is 4.74 Å². The second-order valence-electron chi connectivity index (χ2n) is 3.47. The van der Waals surface area contributed by atoms with Crippen LogP contribution in [0.25, 0.3) is 0 Å². The van der Waals surface area contributed by atoms with Crippen LogP contribution in [-0.4, -0.2) is 23.8 Å². The van der Waals surface area contributed by atoms with E-state index in [0.29, 0.717) is 18.9 Å². The quantitative estimate of drug-likeness (QED) is 0.645. The third-order valence-corrected chi connectivity index (χ3v) is 2.47. The molecule has 3 heteroatoms. The first kappa shape index (κ1) is 9.52. The molecule has 0 amide bonds.